The quantitative estimate of drug-likeness (QED) is 0.862. The molecule has 2 rings (SSSR count). The van der Waals surface area contributed by atoms with Crippen LogP contribution in [0.5, 0.6) is 5.75 Å². The highest BCUT2D eigenvalue weighted by atomic mass is 16.5. The number of carboxylic acid groups (broad SMARTS) is 1. The lowest BCUT2D eigenvalue weighted by Gasteiger charge is -2.17. The van der Waals surface area contributed by atoms with Gasteiger partial charge in [0.25, 0.3) is 0 Å². The standard InChI is InChI=1S/C15H19NO4/c17-14(7-4-8-15(18)19)16-10-9-13(11-16)20-12-5-2-1-3-6-12/h1-3,5-6,13H,4,7-11H2,(H,18,19)/t13-/m1/s1. The van der Waals surface area contributed by atoms with Crippen molar-refractivity contribution >= 4 is 11.9 Å². The molecule has 1 fully saturated rings. The molecule has 1 aliphatic rings. The molecule has 1 atom stereocenters. The number of hydrogen-bond acceptors (Lipinski definition) is 3. The van der Waals surface area contributed by atoms with Gasteiger partial charge in [-0.2, -0.15) is 0 Å². The fourth-order valence-corrected chi connectivity index (χ4v) is 2.29. The lowest BCUT2D eigenvalue weighted by molar-refractivity contribution is -0.137. The summed E-state index contributed by atoms with van der Waals surface area (Å²) in [6, 6.07) is 9.56. The Bertz CT molecular complexity index is 460. The van der Waals surface area contributed by atoms with Gasteiger partial charge in [-0.1, -0.05) is 18.2 Å². The largest absolute Gasteiger partial charge is 0.489 e. The minimum Gasteiger partial charge on any atom is -0.489 e. The summed E-state index contributed by atoms with van der Waals surface area (Å²) in [5.74, 6) is -0.0207. The maximum Gasteiger partial charge on any atom is 0.303 e. The second-order valence-corrected chi connectivity index (χ2v) is 4.93. The zero-order valence-electron chi connectivity index (χ0n) is 11.3. The molecule has 1 amide bonds. The molecule has 5 nitrogen and oxygen atoms in total. The summed E-state index contributed by atoms with van der Waals surface area (Å²) >= 11 is 0. The lowest BCUT2D eigenvalue weighted by atomic mass is 10.2. The van der Waals surface area contributed by atoms with Crippen molar-refractivity contribution in [1.29, 1.82) is 0 Å². The fraction of sp³-hybridized carbons (Fsp3) is 0.467. The van der Waals surface area contributed by atoms with Crippen molar-refractivity contribution in [3.63, 3.8) is 0 Å². The van der Waals surface area contributed by atoms with Crippen LogP contribution in [-0.4, -0.2) is 41.1 Å². The summed E-state index contributed by atoms with van der Waals surface area (Å²) in [7, 11) is 0. The van der Waals surface area contributed by atoms with Crippen molar-refractivity contribution in [1.82, 2.24) is 4.90 Å². The van der Waals surface area contributed by atoms with E-state index in [1.54, 1.807) is 4.90 Å². The lowest BCUT2D eigenvalue weighted by Crippen LogP contribution is -2.30. The van der Waals surface area contributed by atoms with E-state index in [1.807, 2.05) is 30.3 Å². The number of hydrogen-bond donors (Lipinski definition) is 1. The zero-order valence-corrected chi connectivity index (χ0v) is 11.3. The molecule has 0 spiro atoms. The van der Waals surface area contributed by atoms with Crippen LogP contribution in [0.3, 0.4) is 0 Å². The van der Waals surface area contributed by atoms with Crippen molar-refractivity contribution in [3.05, 3.63) is 30.3 Å². The van der Waals surface area contributed by atoms with E-state index in [-0.39, 0.29) is 18.4 Å². The first-order valence-electron chi connectivity index (χ1n) is 6.86. The van der Waals surface area contributed by atoms with Gasteiger partial charge in [-0.25, -0.2) is 0 Å². The normalized spacial score (nSPS) is 18.0. The van der Waals surface area contributed by atoms with E-state index in [9.17, 15) is 9.59 Å². The third-order valence-electron chi connectivity index (χ3n) is 3.32. The number of carboxylic acids is 1. The maximum absolute atomic E-state index is 11.9. The summed E-state index contributed by atoms with van der Waals surface area (Å²) in [5, 5.41) is 8.55. The summed E-state index contributed by atoms with van der Waals surface area (Å²) in [6.07, 6.45) is 1.59. The Labute approximate surface area is 118 Å². The minimum atomic E-state index is -0.857. The van der Waals surface area contributed by atoms with Gasteiger partial charge < -0.3 is 14.7 Å². The topological polar surface area (TPSA) is 66.8 Å². The minimum absolute atomic E-state index is 0.0189. The Kier molecular flexibility index (Phi) is 4.98. The van der Waals surface area contributed by atoms with Crippen molar-refractivity contribution in [2.45, 2.75) is 31.8 Å². The van der Waals surface area contributed by atoms with Crippen LogP contribution in [0.15, 0.2) is 30.3 Å². The van der Waals surface area contributed by atoms with E-state index in [4.69, 9.17) is 9.84 Å². The SMILES string of the molecule is O=C(O)CCCC(=O)N1CC[C@@H](Oc2ccccc2)C1. The molecule has 0 saturated carbocycles. The number of carbonyl (C=O) groups is 2. The molecule has 0 aliphatic carbocycles. The molecule has 0 radical (unpaired) electrons. The van der Waals surface area contributed by atoms with Gasteiger partial charge in [0.15, 0.2) is 0 Å². The molecule has 1 aromatic rings. The highest BCUT2D eigenvalue weighted by Gasteiger charge is 2.27. The number of nitrogens with zero attached hydrogens (tertiary/aromatic N) is 1. The van der Waals surface area contributed by atoms with Gasteiger partial charge in [-0.3, -0.25) is 9.59 Å². The Hall–Kier alpha value is -2.04. The number of amides is 1. The average Bonchev–Trinajstić information content (AvgIpc) is 2.88. The number of aliphatic carboxylic acids is 1. The highest BCUT2D eigenvalue weighted by Crippen LogP contribution is 2.18. The van der Waals surface area contributed by atoms with Gasteiger partial charge >= 0.3 is 5.97 Å². The molecular weight excluding hydrogens is 258 g/mol. The molecule has 108 valence electrons. The van der Waals surface area contributed by atoms with Crippen LogP contribution >= 0.6 is 0 Å². The highest BCUT2D eigenvalue weighted by molar-refractivity contribution is 5.77. The second-order valence-electron chi connectivity index (χ2n) is 4.93. The molecule has 0 aromatic heterocycles. The number of para-hydroxylation sites is 1. The van der Waals surface area contributed by atoms with Gasteiger partial charge in [0.1, 0.15) is 11.9 Å². The monoisotopic (exact) mass is 277 g/mol. The Morgan fingerprint density at radius 1 is 1.25 bits per heavy atom. The fourth-order valence-electron chi connectivity index (χ4n) is 2.29. The van der Waals surface area contributed by atoms with Crippen LogP contribution in [0.2, 0.25) is 0 Å². The van der Waals surface area contributed by atoms with Gasteiger partial charge in [0, 0.05) is 25.8 Å². The van der Waals surface area contributed by atoms with Crippen molar-refractivity contribution in [2.24, 2.45) is 0 Å². The van der Waals surface area contributed by atoms with Crippen LogP contribution in [0, 0.1) is 0 Å². The van der Waals surface area contributed by atoms with Crippen LogP contribution in [0.1, 0.15) is 25.7 Å². The predicted molar refractivity (Wildman–Crippen MR) is 73.5 cm³/mol. The van der Waals surface area contributed by atoms with Gasteiger partial charge in [0.05, 0.1) is 6.54 Å². The predicted octanol–water partition coefficient (Wildman–Crippen LogP) is 1.92. The van der Waals surface area contributed by atoms with Gasteiger partial charge in [-0.15, -0.1) is 0 Å². The maximum atomic E-state index is 11.9. The molecule has 1 N–H and O–H groups in total. The van der Waals surface area contributed by atoms with Crippen molar-refractivity contribution in [2.75, 3.05) is 13.1 Å². The van der Waals surface area contributed by atoms with Crippen LogP contribution in [-0.2, 0) is 9.59 Å². The number of likely N-dealkylation sites (tertiary alicyclic amines) is 1. The summed E-state index contributed by atoms with van der Waals surface area (Å²) in [6.45, 7) is 1.27. The number of benzene rings is 1. The summed E-state index contributed by atoms with van der Waals surface area (Å²) < 4.78 is 5.81. The molecule has 1 saturated heterocycles. The van der Waals surface area contributed by atoms with Crippen LogP contribution < -0.4 is 4.74 Å². The molecule has 1 heterocycles. The molecule has 20 heavy (non-hydrogen) atoms. The molecule has 0 bridgehead atoms. The van der Waals surface area contributed by atoms with Gasteiger partial charge in [0.2, 0.25) is 5.91 Å². The van der Waals surface area contributed by atoms with E-state index in [0.717, 1.165) is 12.2 Å². The van der Waals surface area contributed by atoms with Crippen molar-refractivity contribution in [3.8, 4) is 5.75 Å². The third kappa shape index (κ3) is 4.26. The first kappa shape index (κ1) is 14.4. The van der Waals surface area contributed by atoms with Crippen molar-refractivity contribution < 1.29 is 19.4 Å². The van der Waals surface area contributed by atoms with E-state index in [0.29, 0.717) is 25.9 Å². The number of carbonyl (C=O) groups excluding carboxylic acids is 1. The van der Waals surface area contributed by atoms with Crippen LogP contribution in [0.4, 0.5) is 0 Å². The molecule has 1 aromatic carbocycles. The molecule has 0 unspecified atom stereocenters. The molecule has 5 heteroatoms. The van der Waals surface area contributed by atoms with E-state index in [2.05, 4.69) is 0 Å². The second kappa shape index (κ2) is 6.93. The first-order chi connectivity index (χ1) is 9.65. The Balaban J connectivity index is 1.74. The summed E-state index contributed by atoms with van der Waals surface area (Å²) in [5.41, 5.74) is 0. The molecule has 1 aliphatic heterocycles. The third-order valence-corrected chi connectivity index (χ3v) is 3.32. The first-order valence-corrected chi connectivity index (χ1v) is 6.86. The van der Waals surface area contributed by atoms with E-state index < -0.39 is 5.97 Å². The Morgan fingerprint density at radius 2 is 2.00 bits per heavy atom. The number of ether oxygens (including phenoxy) is 1. The van der Waals surface area contributed by atoms with Crippen LogP contribution in [0.25, 0.3) is 0 Å². The average molecular weight is 277 g/mol. The van der Waals surface area contributed by atoms with E-state index >= 15 is 0 Å². The summed E-state index contributed by atoms with van der Waals surface area (Å²) in [4.78, 5) is 24.1. The Morgan fingerprint density at radius 3 is 2.70 bits per heavy atom. The number of rotatable bonds is 6. The smallest absolute Gasteiger partial charge is 0.303 e. The van der Waals surface area contributed by atoms with E-state index in [1.165, 1.54) is 0 Å². The molecular formula is C15H19NO4. The zero-order chi connectivity index (χ0) is 14.4. The van der Waals surface area contributed by atoms with Gasteiger partial charge in [-0.05, 0) is 18.6 Å².